The molecule has 1 saturated heterocycles. The van der Waals surface area contributed by atoms with Gasteiger partial charge < -0.3 is 15.1 Å². The predicted molar refractivity (Wildman–Crippen MR) is 133 cm³/mol. The summed E-state index contributed by atoms with van der Waals surface area (Å²) in [7, 11) is 0. The molecular formula is C25H30Cl2FN5O. The van der Waals surface area contributed by atoms with Crippen LogP contribution in [0.1, 0.15) is 61.0 Å². The molecule has 9 heteroatoms. The molecule has 1 aromatic carbocycles. The van der Waals surface area contributed by atoms with E-state index in [4.69, 9.17) is 23.2 Å². The number of anilines is 1. The monoisotopic (exact) mass is 505 g/mol. The molecule has 2 fully saturated rings. The molecule has 1 unspecified atom stereocenters. The molecule has 3 atom stereocenters. The Morgan fingerprint density at radius 1 is 1.18 bits per heavy atom. The van der Waals surface area contributed by atoms with Crippen LogP contribution in [0.5, 0.6) is 0 Å². The van der Waals surface area contributed by atoms with Gasteiger partial charge in [-0.3, -0.25) is 4.79 Å². The number of alkyl halides is 1. The Labute approximate surface area is 209 Å². The molecule has 5 rings (SSSR count). The molecule has 2 heterocycles. The molecule has 1 aliphatic heterocycles. The Hall–Kier alpha value is -1.96. The van der Waals surface area contributed by atoms with E-state index < -0.39 is 6.17 Å². The van der Waals surface area contributed by atoms with Crippen LogP contribution in [-0.2, 0) is 4.79 Å². The molecule has 6 nitrogen and oxygen atoms in total. The molecule has 2 aliphatic carbocycles. The third-order valence-electron chi connectivity index (χ3n) is 7.26. The summed E-state index contributed by atoms with van der Waals surface area (Å²) in [6.45, 7) is 6.03. The van der Waals surface area contributed by atoms with Gasteiger partial charge in [-0.05, 0) is 55.3 Å². The molecule has 0 radical (unpaired) electrons. The van der Waals surface area contributed by atoms with Gasteiger partial charge in [-0.15, -0.1) is 0 Å². The van der Waals surface area contributed by atoms with Crippen molar-refractivity contribution in [1.29, 1.82) is 0 Å². The van der Waals surface area contributed by atoms with Gasteiger partial charge in [0.2, 0.25) is 5.91 Å². The number of rotatable bonds is 7. The van der Waals surface area contributed by atoms with Gasteiger partial charge in [0.1, 0.15) is 18.3 Å². The first-order chi connectivity index (χ1) is 16.4. The van der Waals surface area contributed by atoms with E-state index in [2.05, 4.69) is 20.2 Å². The van der Waals surface area contributed by atoms with Crippen molar-refractivity contribution in [3.05, 3.63) is 51.4 Å². The zero-order chi connectivity index (χ0) is 23.8. The van der Waals surface area contributed by atoms with Crippen LogP contribution in [0.4, 0.5) is 10.2 Å². The molecule has 1 amide bonds. The van der Waals surface area contributed by atoms with Crippen LogP contribution in [0.15, 0.2) is 24.5 Å². The van der Waals surface area contributed by atoms with Crippen molar-refractivity contribution < 1.29 is 9.18 Å². The fourth-order valence-corrected chi connectivity index (χ4v) is 5.41. The second-order valence-corrected chi connectivity index (χ2v) is 10.6. The zero-order valence-electron chi connectivity index (χ0n) is 19.3. The summed E-state index contributed by atoms with van der Waals surface area (Å²) in [5.74, 6) is 1.41. The van der Waals surface area contributed by atoms with E-state index in [0.29, 0.717) is 54.9 Å². The standard InChI is InChI=1S/C25H30Cl2FN5O/c1-15-10-21(28)23-22(15)24(31-14-30-23)32-6-8-33(9-7-32)25(34)18(13-29-12-16-2-3-16)17-4-5-19(26)20(27)11-17/h4-5,11,14-16,18,21,29H,2-3,6-10,12-13H2,1H3/t15-,18?,21-/m1/s1. The summed E-state index contributed by atoms with van der Waals surface area (Å²) in [4.78, 5) is 26.4. The summed E-state index contributed by atoms with van der Waals surface area (Å²) in [5, 5.41) is 4.43. The van der Waals surface area contributed by atoms with Crippen LogP contribution in [0, 0.1) is 5.92 Å². The highest BCUT2D eigenvalue weighted by Crippen LogP contribution is 2.44. The number of amides is 1. The Balaban J connectivity index is 1.28. The van der Waals surface area contributed by atoms with Gasteiger partial charge in [-0.25, -0.2) is 14.4 Å². The highest BCUT2D eigenvalue weighted by molar-refractivity contribution is 6.42. The second kappa shape index (κ2) is 9.96. The Morgan fingerprint density at radius 3 is 2.65 bits per heavy atom. The van der Waals surface area contributed by atoms with Gasteiger partial charge in [0.05, 0.1) is 21.7 Å². The summed E-state index contributed by atoms with van der Waals surface area (Å²) >= 11 is 12.4. The number of hydrogen-bond donors (Lipinski definition) is 1. The first-order valence-electron chi connectivity index (χ1n) is 12.1. The lowest BCUT2D eigenvalue weighted by Crippen LogP contribution is -2.51. The number of nitrogens with one attached hydrogen (secondary N) is 1. The number of halogens is 3. The number of carbonyl (C=O) groups excluding carboxylic acids is 1. The van der Waals surface area contributed by atoms with Gasteiger partial charge in [0.15, 0.2) is 0 Å². The molecule has 1 aromatic heterocycles. The van der Waals surface area contributed by atoms with E-state index in [1.807, 2.05) is 17.9 Å². The lowest BCUT2D eigenvalue weighted by atomic mass is 9.96. The summed E-state index contributed by atoms with van der Waals surface area (Å²) in [6, 6.07) is 5.46. The van der Waals surface area contributed by atoms with E-state index in [1.165, 1.54) is 19.2 Å². The van der Waals surface area contributed by atoms with E-state index in [0.717, 1.165) is 29.4 Å². The highest BCUT2D eigenvalue weighted by atomic mass is 35.5. The van der Waals surface area contributed by atoms with E-state index in [1.54, 1.807) is 12.1 Å². The predicted octanol–water partition coefficient (Wildman–Crippen LogP) is 4.73. The molecule has 0 spiro atoms. The third kappa shape index (κ3) is 4.88. The topological polar surface area (TPSA) is 61.4 Å². The number of piperazine rings is 1. The van der Waals surface area contributed by atoms with Gasteiger partial charge in [0, 0.05) is 38.3 Å². The first kappa shape index (κ1) is 23.8. The van der Waals surface area contributed by atoms with E-state index >= 15 is 0 Å². The number of carbonyl (C=O) groups is 1. The second-order valence-electron chi connectivity index (χ2n) is 9.74. The van der Waals surface area contributed by atoms with Crippen molar-refractivity contribution in [2.75, 3.05) is 44.2 Å². The third-order valence-corrected chi connectivity index (χ3v) is 8.00. The number of fused-ring (bicyclic) bond motifs is 1. The van der Waals surface area contributed by atoms with Gasteiger partial charge in [-0.2, -0.15) is 0 Å². The summed E-state index contributed by atoms with van der Waals surface area (Å²) in [6.07, 6.45) is 3.41. The minimum Gasteiger partial charge on any atom is -0.353 e. The SMILES string of the molecule is C[C@@H]1C[C@@H](F)c2ncnc(N3CCN(C(=O)C(CNCC4CC4)c4ccc(Cl)c(Cl)c4)CC3)c21. The Morgan fingerprint density at radius 2 is 1.94 bits per heavy atom. The molecule has 34 heavy (non-hydrogen) atoms. The fraction of sp³-hybridized carbons (Fsp3) is 0.560. The van der Waals surface area contributed by atoms with Crippen molar-refractivity contribution >= 4 is 34.9 Å². The lowest BCUT2D eigenvalue weighted by Gasteiger charge is -2.38. The van der Waals surface area contributed by atoms with Crippen molar-refractivity contribution in [1.82, 2.24) is 20.2 Å². The van der Waals surface area contributed by atoms with Crippen molar-refractivity contribution in [2.24, 2.45) is 5.92 Å². The fourth-order valence-electron chi connectivity index (χ4n) is 5.10. The maximum atomic E-state index is 14.4. The maximum absolute atomic E-state index is 14.4. The molecule has 2 aromatic rings. The van der Waals surface area contributed by atoms with Gasteiger partial charge in [-0.1, -0.05) is 36.2 Å². The lowest BCUT2D eigenvalue weighted by molar-refractivity contribution is -0.133. The average Bonchev–Trinajstić information content (AvgIpc) is 3.62. The molecule has 1 saturated carbocycles. The first-order valence-corrected chi connectivity index (χ1v) is 12.9. The quantitative estimate of drug-likeness (QED) is 0.589. The number of nitrogens with zero attached hydrogens (tertiary/aromatic N) is 4. The largest absolute Gasteiger partial charge is 0.353 e. The van der Waals surface area contributed by atoms with Crippen LogP contribution in [0.2, 0.25) is 10.0 Å². The van der Waals surface area contributed by atoms with Crippen LogP contribution in [0.3, 0.4) is 0 Å². The van der Waals surface area contributed by atoms with Crippen LogP contribution in [-0.4, -0.2) is 60.0 Å². The maximum Gasteiger partial charge on any atom is 0.231 e. The Kier molecular flexibility index (Phi) is 6.96. The minimum absolute atomic E-state index is 0.0893. The number of hydrogen-bond acceptors (Lipinski definition) is 5. The van der Waals surface area contributed by atoms with E-state index in [9.17, 15) is 9.18 Å². The Bertz CT molecular complexity index is 1060. The summed E-state index contributed by atoms with van der Waals surface area (Å²) in [5.41, 5.74) is 2.33. The van der Waals surface area contributed by atoms with Crippen molar-refractivity contribution in [3.63, 3.8) is 0 Å². The van der Waals surface area contributed by atoms with Gasteiger partial charge in [0.25, 0.3) is 0 Å². The normalized spacial score (nSPS) is 23.2. The number of benzene rings is 1. The van der Waals surface area contributed by atoms with Crippen molar-refractivity contribution in [3.8, 4) is 0 Å². The zero-order valence-corrected chi connectivity index (χ0v) is 20.8. The minimum atomic E-state index is -1.02. The van der Waals surface area contributed by atoms with Crippen LogP contribution < -0.4 is 10.2 Å². The highest BCUT2D eigenvalue weighted by Gasteiger charge is 2.36. The van der Waals surface area contributed by atoms with Crippen molar-refractivity contribution in [2.45, 2.75) is 44.2 Å². The molecule has 1 N–H and O–H groups in total. The molecule has 0 bridgehead atoms. The summed E-state index contributed by atoms with van der Waals surface area (Å²) < 4.78 is 14.4. The van der Waals surface area contributed by atoms with Crippen LogP contribution in [0.25, 0.3) is 0 Å². The smallest absolute Gasteiger partial charge is 0.231 e. The van der Waals surface area contributed by atoms with E-state index in [-0.39, 0.29) is 17.7 Å². The average molecular weight is 506 g/mol. The molecule has 182 valence electrons. The molecule has 3 aliphatic rings. The molecular weight excluding hydrogens is 476 g/mol. The van der Waals surface area contributed by atoms with Gasteiger partial charge >= 0.3 is 0 Å². The number of aromatic nitrogens is 2. The van der Waals surface area contributed by atoms with Crippen LogP contribution >= 0.6 is 23.2 Å².